The summed E-state index contributed by atoms with van der Waals surface area (Å²) in [6.45, 7) is 4.62. The summed E-state index contributed by atoms with van der Waals surface area (Å²) in [5.74, 6) is 1.25. The minimum atomic E-state index is 0.391. The first-order valence-electron chi connectivity index (χ1n) is 7.05. The van der Waals surface area contributed by atoms with E-state index in [9.17, 15) is 0 Å². The fourth-order valence-electron chi connectivity index (χ4n) is 2.19. The van der Waals surface area contributed by atoms with E-state index in [1.54, 1.807) is 0 Å². The van der Waals surface area contributed by atoms with Crippen LogP contribution in [0.4, 0.5) is 0 Å². The van der Waals surface area contributed by atoms with Crippen LogP contribution in [0.25, 0.3) is 11.0 Å². The van der Waals surface area contributed by atoms with E-state index in [1.165, 1.54) is 6.42 Å². The van der Waals surface area contributed by atoms with Crippen LogP contribution in [0.3, 0.4) is 0 Å². The highest BCUT2D eigenvalue weighted by Crippen LogP contribution is 2.24. The molecule has 0 bridgehead atoms. The van der Waals surface area contributed by atoms with Crippen molar-refractivity contribution in [1.82, 2.24) is 9.55 Å². The molecule has 3 nitrogen and oxygen atoms in total. The summed E-state index contributed by atoms with van der Waals surface area (Å²) in [7, 11) is 0. The molecule has 0 saturated carbocycles. The molecule has 0 fully saturated rings. The van der Waals surface area contributed by atoms with Crippen LogP contribution in [-0.2, 0) is 17.2 Å². The van der Waals surface area contributed by atoms with Gasteiger partial charge >= 0.3 is 0 Å². The summed E-state index contributed by atoms with van der Waals surface area (Å²) >= 11 is 12.2. The van der Waals surface area contributed by atoms with Crippen LogP contribution in [0.5, 0.6) is 0 Å². The van der Waals surface area contributed by atoms with Crippen LogP contribution in [0, 0.1) is 0 Å². The van der Waals surface area contributed by atoms with Crippen molar-refractivity contribution in [2.45, 2.75) is 38.6 Å². The van der Waals surface area contributed by atoms with Crippen molar-refractivity contribution >= 4 is 34.2 Å². The van der Waals surface area contributed by atoms with Gasteiger partial charge in [0, 0.05) is 19.8 Å². The molecule has 20 heavy (non-hydrogen) atoms. The van der Waals surface area contributed by atoms with Crippen LogP contribution < -0.4 is 0 Å². The Hall–Kier alpha value is -0.770. The topological polar surface area (TPSA) is 27.1 Å². The molecule has 1 heterocycles. The van der Waals surface area contributed by atoms with Crippen molar-refractivity contribution < 1.29 is 4.74 Å². The molecule has 5 heteroatoms. The molecular formula is C15H20Cl2N2O. The molecule has 2 rings (SSSR count). The molecular weight excluding hydrogens is 295 g/mol. The SMILES string of the molecule is CCCCOCCCn1c(CCl)nc2c(Cl)cccc21. The molecule has 0 aliphatic rings. The molecule has 2 aromatic rings. The molecule has 0 atom stereocenters. The van der Waals surface area contributed by atoms with Gasteiger partial charge in [0.1, 0.15) is 11.3 Å². The first-order valence-corrected chi connectivity index (χ1v) is 7.96. The molecule has 0 saturated heterocycles. The van der Waals surface area contributed by atoms with Gasteiger partial charge in [0.15, 0.2) is 0 Å². The highest BCUT2D eigenvalue weighted by molar-refractivity contribution is 6.34. The molecule has 0 aliphatic carbocycles. The second-order valence-corrected chi connectivity index (χ2v) is 5.41. The van der Waals surface area contributed by atoms with Crippen LogP contribution in [-0.4, -0.2) is 22.8 Å². The molecule has 0 amide bonds. The van der Waals surface area contributed by atoms with E-state index in [2.05, 4.69) is 16.5 Å². The van der Waals surface area contributed by atoms with Crippen molar-refractivity contribution in [2.75, 3.05) is 13.2 Å². The Bertz CT molecular complexity index is 554. The number of halogens is 2. The van der Waals surface area contributed by atoms with Gasteiger partial charge in [-0.25, -0.2) is 4.98 Å². The number of alkyl halides is 1. The predicted octanol–water partition coefficient (Wildman–Crippen LogP) is 4.64. The number of nitrogens with zero attached hydrogens (tertiary/aromatic N) is 2. The van der Waals surface area contributed by atoms with E-state index < -0.39 is 0 Å². The summed E-state index contributed by atoms with van der Waals surface area (Å²) in [6, 6.07) is 5.83. The first kappa shape index (κ1) is 15.6. The average molecular weight is 315 g/mol. The molecule has 1 aromatic heterocycles. The smallest absolute Gasteiger partial charge is 0.124 e. The lowest BCUT2D eigenvalue weighted by Crippen LogP contribution is -2.06. The average Bonchev–Trinajstić information content (AvgIpc) is 2.82. The standard InChI is InChI=1S/C15H20Cl2N2O/c1-2-3-9-20-10-5-8-19-13-7-4-6-12(17)15(13)18-14(19)11-16/h4,6-7H,2-3,5,8-11H2,1H3. The molecule has 0 N–H and O–H groups in total. The zero-order valence-corrected chi connectivity index (χ0v) is 13.3. The Balaban J connectivity index is 2.03. The quantitative estimate of drug-likeness (QED) is 0.524. The molecule has 0 aliphatic heterocycles. The molecule has 0 unspecified atom stereocenters. The van der Waals surface area contributed by atoms with Gasteiger partial charge in [-0.05, 0) is 25.0 Å². The third-order valence-corrected chi connectivity index (χ3v) is 3.78. The lowest BCUT2D eigenvalue weighted by atomic mass is 10.3. The van der Waals surface area contributed by atoms with E-state index in [0.29, 0.717) is 10.9 Å². The number of ether oxygens (including phenoxy) is 1. The van der Waals surface area contributed by atoms with Crippen LogP contribution in [0.15, 0.2) is 18.2 Å². The van der Waals surface area contributed by atoms with Gasteiger partial charge in [-0.1, -0.05) is 31.0 Å². The number of rotatable bonds is 8. The van der Waals surface area contributed by atoms with Crippen LogP contribution in [0.2, 0.25) is 5.02 Å². The van der Waals surface area contributed by atoms with Crippen molar-refractivity contribution in [3.63, 3.8) is 0 Å². The summed E-state index contributed by atoms with van der Waals surface area (Å²) in [4.78, 5) is 4.52. The van der Waals surface area contributed by atoms with Gasteiger partial charge in [0.05, 0.1) is 16.4 Å². The van der Waals surface area contributed by atoms with Crippen molar-refractivity contribution in [3.8, 4) is 0 Å². The lowest BCUT2D eigenvalue weighted by molar-refractivity contribution is 0.126. The Kier molecular flexibility index (Phi) is 6.14. The minimum absolute atomic E-state index is 0.391. The molecule has 0 radical (unpaired) electrons. The van der Waals surface area contributed by atoms with Gasteiger partial charge in [-0.2, -0.15) is 0 Å². The number of aromatic nitrogens is 2. The second kappa shape index (κ2) is 7.87. The number of benzene rings is 1. The van der Waals surface area contributed by atoms with Crippen molar-refractivity contribution in [1.29, 1.82) is 0 Å². The van der Waals surface area contributed by atoms with E-state index >= 15 is 0 Å². The number of hydrogen-bond acceptors (Lipinski definition) is 2. The largest absolute Gasteiger partial charge is 0.381 e. The number of fused-ring (bicyclic) bond motifs is 1. The Morgan fingerprint density at radius 3 is 2.80 bits per heavy atom. The minimum Gasteiger partial charge on any atom is -0.381 e. The first-order chi connectivity index (χ1) is 9.77. The summed E-state index contributed by atoms with van der Waals surface area (Å²) < 4.78 is 7.73. The number of unbranched alkanes of at least 4 members (excludes halogenated alkanes) is 1. The highest BCUT2D eigenvalue weighted by atomic mass is 35.5. The van der Waals surface area contributed by atoms with E-state index in [-0.39, 0.29) is 0 Å². The summed E-state index contributed by atoms with van der Waals surface area (Å²) in [5, 5.41) is 0.673. The zero-order valence-electron chi connectivity index (χ0n) is 11.7. The van der Waals surface area contributed by atoms with Crippen molar-refractivity contribution in [3.05, 3.63) is 29.0 Å². The van der Waals surface area contributed by atoms with E-state index in [0.717, 1.165) is 49.5 Å². The maximum Gasteiger partial charge on any atom is 0.124 e. The Labute approximate surface area is 129 Å². The fourth-order valence-corrected chi connectivity index (χ4v) is 2.60. The molecule has 110 valence electrons. The second-order valence-electron chi connectivity index (χ2n) is 4.74. The highest BCUT2D eigenvalue weighted by Gasteiger charge is 2.11. The normalized spacial score (nSPS) is 11.3. The number of imidazole rings is 1. The third kappa shape index (κ3) is 3.66. The molecule has 0 spiro atoms. The van der Waals surface area contributed by atoms with Crippen LogP contribution in [0.1, 0.15) is 32.0 Å². The summed E-state index contributed by atoms with van der Waals surface area (Å²) in [6.07, 6.45) is 3.24. The van der Waals surface area contributed by atoms with Gasteiger partial charge in [-0.3, -0.25) is 0 Å². The van der Waals surface area contributed by atoms with Gasteiger partial charge in [-0.15, -0.1) is 11.6 Å². The number of para-hydroxylation sites is 1. The van der Waals surface area contributed by atoms with Crippen LogP contribution >= 0.6 is 23.2 Å². The van der Waals surface area contributed by atoms with E-state index in [1.807, 2.05) is 18.2 Å². The Morgan fingerprint density at radius 1 is 1.25 bits per heavy atom. The monoisotopic (exact) mass is 314 g/mol. The van der Waals surface area contributed by atoms with Gasteiger partial charge in [0.25, 0.3) is 0 Å². The summed E-state index contributed by atoms with van der Waals surface area (Å²) in [5.41, 5.74) is 1.87. The maximum absolute atomic E-state index is 6.17. The Morgan fingerprint density at radius 2 is 2.05 bits per heavy atom. The van der Waals surface area contributed by atoms with Gasteiger partial charge in [0.2, 0.25) is 0 Å². The maximum atomic E-state index is 6.17. The molecule has 1 aromatic carbocycles. The van der Waals surface area contributed by atoms with E-state index in [4.69, 9.17) is 27.9 Å². The fraction of sp³-hybridized carbons (Fsp3) is 0.533. The zero-order chi connectivity index (χ0) is 14.4. The van der Waals surface area contributed by atoms with Gasteiger partial charge < -0.3 is 9.30 Å². The third-order valence-electron chi connectivity index (χ3n) is 3.24. The lowest BCUT2D eigenvalue weighted by Gasteiger charge is -2.08. The predicted molar refractivity (Wildman–Crippen MR) is 84.6 cm³/mol. The van der Waals surface area contributed by atoms with Crippen molar-refractivity contribution in [2.24, 2.45) is 0 Å². The number of aryl methyl sites for hydroxylation is 1. The number of hydrogen-bond donors (Lipinski definition) is 0.